The maximum absolute atomic E-state index is 12.8. The summed E-state index contributed by atoms with van der Waals surface area (Å²) in [5.74, 6) is 0.693. The van der Waals surface area contributed by atoms with Gasteiger partial charge in [-0.05, 0) is 32.9 Å². The van der Waals surface area contributed by atoms with Gasteiger partial charge in [-0.25, -0.2) is 18.1 Å². The minimum atomic E-state index is -3.62. The van der Waals surface area contributed by atoms with E-state index in [1.54, 1.807) is 17.4 Å². The first-order valence-corrected chi connectivity index (χ1v) is 11.3. The molecule has 0 amide bonds. The van der Waals surface area contributed by atoms with Gasteiger partial charge in [0.2, 0.25) is 10.0 Å². The monoisotopic (exact) mass is 408 g/mol. The van der Waals surface area contributed by atoms with Crippen LogP contribution in [0.15, 0.2) is 40.6 Å². The summed E-state index contributed by atoms with van der Waals surface area (Å²) in [7, 11) is -3.62. The molecule has 3 aromatic rings. The molecule has 3 rings (SSSR count). The van der Waals surface area contributed by atoms with E-state index in [0.717, 1.165) is 26.0 Å². The molecule has 0 aliphatic rings. The number of benzene rings is 1. The number of sulfonamides is 1. The lowest BCUT2D eigenvalue weighted by Gasteiger charge is -2.11. The van der Waals surface area contributed by atoms with Crippen molar-refractivity contribution in [2.24, 2.45) is 0 Å². The van der Waals surface area contributed by atoms with E-state index in [1.165, 1.54) is 11.3 Å². The number of ether oxygens (including phenoxy) is 1. The molecule has 0 saturated heterocycles. The number of aryl methyl sites for hydroxylation is 2. The fourth-order valence-electron chi connectivity index (χ4n) is 2.53. The van der Waals surface area contributed by atoms with Crippen molar-refractivity contribution in [1.29, 1.82) is 0 Å². The molecule has 26 heavy (non-hydrogen) atoms. The van der Waals surface area contributed by atoms with Crippen LogP contribution in [0.3, 0.4) is 0 Å². The third kappa shape index (κ3) is 4.15. The molecule has 0 spiro atoms. The Morgan fingerprint density at radius 3 is 2.69 bits per heavy atom. The molecule has 138 valence electrons. The molecule has 8 heteroatoms. The zero-order valence-electron chi connectivity index (χ0n) is 14.8. The van der Waals surface area contributed by atoms with E-state index in [-0.39, 0.29) is 6.54 Å². The van der Waals surface area contributed by atoms with Crippen molar-refractivity contribution in [3.8, 4) is 16.3 Å². The normalized spacial score (nSPS) is 11.7. The molecule has 0 radical (unpaired) electrons. The first-order chi connectivity index (χ1) is 12.4. The molecule has 2 heterocycles. The average molecular weight is 409 g/mol. The summed E-state index contributed by atoms with van der Waals surface area (Å²) >= 11 is 2.99. The highest BCUT2D eigenvalue weighted by Gasteiger charge is 2.21. The van der Waals surface area contributed by atoms with Crippen LogP contribution >= 0.6 is 22.7 Å². The highest BCUT2D eigenvalue weighted by atomic mass is 32.2. The second-order valence-corrected chi connectivity index (χ2v) is 9.70. The number of hydrogen-bond acceptors (Lipinski definition) is 6. The van der Waals surface area contributed by atoms with Crippen LogP contribution in [0.1, 0.15) is 22.4 Å². The van der Waals surface area contributed by atoms with Crippen molar-refractivity contribution in [2.75, 3.05) is 6.61 Å². The van der Waals surface area contributed by atoms with Gasteiger partial charge >= 0.3 is 0 Å². The summed E-state index contributed by atoms with van der Waals surface area (Å²) in [5, 5.41) is 2.91. The predicted molar refractivity (Wildman–Crippen MR) is 107 cm³/mol. The standard InChI is InChI=1S/C18H20N2O3S3/c1-4-23-16-8-6-5-7-14(16)10-19-26(21,22)18-9-17(25-12(18)2)15-11-24-13(3)20-15/h5-9,11,19H,4,10H2,1-3H3. The topological polar surface area (TPSA) is 68.3 Å². The van der Waals surface area contributed by atoms with Crippen LogP contribution in [0.25, 0.3) is 10.6 Å². The van der Waals surface area contributed by atoms with Gasteiger partial charge in [0.05, 0.1) is 27.1 Å². The number of hydrogen-bond donors (Lipinski definition) is 1. The number of rotatable bonds is 7. The molecule has 0 unspecified atom stereocenters. The fraction of sp³-hybridized carbons (Fsp3) is 0.278. The van der Waals surface area contributed by atoms with Crippen LogP contribution in [0.2, 0.25) is 0 Å². The molecule has 0 aliphatic heterocycles. The van der Waals surface area contributed by atoms with E-state index in [1.807, 2.05) is 50.4 Å². The molecule has 0 fully saturated rings. The Morgan fingerprint density at radius 1 is 1.23 bits per heavy atom. The Hall–Kier alpha value is -1.74. The van der Waals surface area contributed by atoms with Gasteiger partial charge < -0.3 is 4.74 Å². The Bertz CT molecular complexity index is 1010. The van der Waals surface area contributed by atoms with Crippen molar-refractivity contribution >= 4 is 32.7 Å². The number of thiophene rings is 1. The Labute approximate surface area is 161 Å². The largest absolute Gasteiger partial charge is 0.494 e. The van der Waals surface area contributed by atoms with Gasteiger partial charge in [0.25, 0.3) is 0 Å². The van der Waals surface area contributed by atoms with Crippen molar-refractivity contribution in [2.45, 2.75) is 32.2 Å². The van der Waals surface area contributed by atoms with E-state index < -0.39 is 10.0 Å². The number of para-hydroxylation sites is 1. The van der Waals surface area contributed by atoms with Crippen molar-refractivity contribution < 1.29 is 13.2 Å². The molecule has 0 bridgehead atoms. The van der Waals surface area contributed by atoms with Gasteiger partial charge in [-0.1, -0.05) is 18.2 Å². The highest BCUT2D eigenvalue weighted by molar-refractivity contribution is 7.89. The SMILES string of the molecule is CCOc1ccccc1CNS(=O)(=O)c1cc(-c2csc(C)n2)sc1C. The van der Waals surface area contributed by atoms with Crippen molar-refractivity contribution in [3.63, 3.8) is 0 Å². The second-order valence-electron chi connectivity index (χ2n) is 5.65. The van der Waals surface area contributed by atoms with Crippen LogP contribution < -0.4 is 9.46 Å². The lowest BCUT2D eigenvalue weighted by Crippen LogP contribution is -2.23. The molecule has 0 saturated carbocycles. The van der Waals surface area contributed by atoms with Crippen molar-refractivity contribution in [1.82, 2.24) is 9.71 Å². The Morgan fingerprint density at radius 2 is 2.00 bits per heavy atom. The zero-order valence-corrected chi connectivity index (χ0v) is 17.2. The van der Waals surface area contributed by atoms with Crippen LogP contribution in [-0.4, -0.2) is 20.0 Å². The van der Waals surface area contributed by atoms with Crippen LogP contribution in [0.5, 0.6) is 5.75 Å². The summed E-state index contributed by atoms with van der Waals surface area (Å²) < 4.78 is 33.8. The van der Waals surface area contributed by atoms with E-state index in [2.05, 4.69) is 9.71 Å². The molecule has 1 aromatic carbocycles. The third-order valence-corrected chi connectivity index (χ3v) is 7.26. The van der Waals surface area contributed by atoms with Gasteiger partial charge in [-0.2, -0.15) is 0 Å². The maximum Gasteiger partial charge on any atom is 0.241 e. The summed E-state index contributed by atoms with van der Waals surface area (Å²) in [6.07, 6.45) is 0. The van der Waals surface area contributed by atoms with E-state index in [4.69, 9.17) is 4.74 Å². The van der Waals surface area contributed by atoms with E-state index >= 15 is 0 Å². The van der Waals surface area contributed by atoms with Crippen LogP contribution in [0.4, 0.5) is 0 Å². The average Bonchev–Trinajstić information content (AvgIpc) is 3.20. The summed E-state index contributed by atoms with van der Waals surface area (Å²) in [6, 6.07) is 9.13. The zero-order chi connectivity index (χ0) is 18.7. The lowest BCUT2D eigenvalue weighted by molar-refractivity contribution is 0.336. The molecule has 1 N–H and O–H groups in total. The number of aromatic nitrogens is 1. The lowest BCUT2D eigenvalue weighted by atomic mass is 10.2. The van der Waals surface area contributed by atoms with E-state index in [0.29, 0.717) is 17.3 Å². The summed E-state index contributed by atoms with van der Waals surface area (Å²) in [5.41, 5.74) is 1.63. The smallest absolute Gasteiger partial charge is 0.241 e. The van der Waals surface area contributed by atoms with Gasteiger partial charge in [0.1, 0.15) is 5.75 Å². The first-order valence-electron chi connectivity index (χ1n) is 8.14. The minimum Gasteiger partial charge on any atom is -0.494 e. The Kier molecular flexibility index (Phi) is 5.76. The summed E-state index contributed by atoms with van der Waals surface area (Å²) in [4.78, 5) is 6.35. The van der Waals surface area contributed by atoms with Gasteiger partial charge in [-0.3, -0.25) is 0 Å². The van der Waals surface area contributed by atoms with Gasteiger partial charge in [-0.15, -0.1) is 22.7 Å². The molecule has 0 aliphatic carbocycles. The Balaban J connectivity index is 1.82. The predicted octanol–water partition coefficient (Wildman–Crippen LogP) is 4.37. The second kappa shape index (κ2) is 7.87. The fourth-order valence-corrected chi connectivity index (χ4v) is 5.78. The number of nitrogens with zero attached hydrogens (tertiary/aromatic N) is 1. The first kappa shape index (κ1) is 19.0. The molecule has 0 atom stereocenters. The highest BCUT2D eigenvalue weighted by Crippen LogP contribution is 2.34. The summed E-state index contributed by atoms with van der Waals surface area (Å²) in [6.45, 7) is 6.36. The minimum absolute atomic E-state index is 0.179. The molecular formula is C18H20N2O3S3. The molecular weight excluding hydrogens is 388 g/mol. The van der Waals surface area contributed by atoms with Crippen molar-refractivity contribution in [3.05, 3.63) is 51.2 Å². The van der Waals surface area contributed by atoms with Gasteiger partial charge in [0, 0.05) is 22.4 Å². The molecule has 5 nitrogen and oxygen atoms in total. The van der Waals surface area contributed by atoms with Gasteiger partial charge in [0.15, 0.2) is 0 Å². The third-order valence-electron chi connectivity index (χ3n) is 3.76. The quantitative estimate of drug-likeness (QED) is 0.630. The maximum atomic E-state index is 12.8. The van der Waals surface area contributed by atoms with Crippen LogP contribution in [0, 0.1) is 13.8 Å². The van der Waals surface area contributed by atoms with E-state index in [9.17, 15) is 8.42 Å². The molecule has 2 aromatic heterocycles. The van der Waals surface area contributed by atoms with Crippen LogP contribution in [-0.2, 0) is 16.6 Å². The number of thiazole rings is 1. The number of nitrogens with one attached hydrogen (secondary N) is 1.